The van der Waals surface area contributed by atoms with Crippen molar-refractivity contribution in [3.05, 3.63) is 47.5 Å². The Bertz CT molecular complexity index is 1060. The molecule has 2 aromatic rings. The molecule has 0 aliphatic rings. The number of carbonyl (C=O) groups is 1. The molecule has 2 amide bonds. The lowest BCUT2D eigenvalue weighted by Crippen LogP contribution is -2.20. The molecule has 0 fully saturated rings. The highest BCUT2D eigenvalue weighted by Gasteiger charge is 2.35. The van der Waals surface area contributed by atoms with Gasteiger partial charge in [0.05, 0.1) is 23.5 Å². The van der Waals surface area contributed by atoms with Gasteiger partial charge in [-0.2, -0.15) is 26.3 Å². The number of amidine groups is 1. The maximum atomic E-state index is 13.5. The molecular formula is C21H23F6N5OS2. The monoisotopic (exact) mass is 539 g/mol. The summed E-state index contributed by atoms with van der Waals surface area (Å²) in [5, 5.41) is 4.43. The number of thioether (sulfide) groups is 2. The Kier molecular flexibility index (Phi) is 10.2. The number of nitrogens with zero attached hydrogens (tertiary/aromatic N) is 1. The zero-order valence-electron chi connectivity index (χ0n) is 18.4. The van der Waals surface area contributed by atoms with Gasteiger partial charge in [0.25, 0.3) is 0 Å². The first-order valence-corrected chi connectivity index (χ1v) is 12.0. The third kappa shape index (κ3) is 9.18. The van der Waals surface area contributed by atoms with Gasteiger partial charge >= 0.3 is 18.4 Å². The first-order valence-electron chi connectivity index (χ1n) is 10.0. The third-order valence-corrected chi connectivity index (χ3v) is 6.33. The number of alkyl halides is 6. The maximum absolute atomic E-state index is 13.5. The summed E-state index contributed by atoms with van der Waals surface area (Å²) in [5.74, 6) is 0.844. The van der Waals surface area contributed by atoms with Crippen LogP contribution in [0, 0.1) is 0 Å². The van der Waals surface area contributed by atoms with Gasteiger partial charge in [0, 0.05) is 39.2 Å². The molecule has 0 heterocycles. The molecule has 0 saturated heterocycles. The molecule has 35 heavy (non-hydrogen) atoms. The van der Waals surface area contributed by atoms with Gasteiger partial charge < -0.3 is 22.1 Å². The Labute approximate surface area is 206 Å². The SMILES string of the molecule is CC(N)=NCCSc1ccc(NC(=O)Nc2ccc(SCCN)c(C(F)(F)F)c2)cc1C(F)(F)F. The van der Waals surface area contributed by atoms with E-state index in [1.54, 1.807) is 6.92 Å². The van der Waals surface area contributed by atoms with Crippen LogP contribution in [0.15, 0.2) is 51.2 Å². The number of nitrogens with one attached hydrogen (secondary N) is 2. The van der Waals surface area contributed by atoms with Gasteiger partial charge in [-0.05, 0) is 43.3 Å². The van der Waals surface area contributed by atoms with Crippen molar-refractivity contribution in [3.63, 3.8) is 0 Å². The fraction of sp³-hybridized carbons (Fsp3) is 0.333. The van der Waals surface area contributed by atoms with E-state index >= 15 is 0 Å². The normalized spacial score (nSPS) is 12.5. The van der Waals surface area contributed by atoms with E-state index in [9.17, 15) is 31.1 Å². The lowest BCUT2D eigenvalue weighted by atomic mass is 10.2. The second-order valence-electron chi connectivity index (χ2n) is 7.01. The summed E-state index contributed by atoms with van der Waals surface area (Å²) in [5.41, 5.74) is 8.47. The number of amides is 2. The number of aliphatic imine (C=N–C) groups is 1. The van der Waals surface area contributed by atoms with E-state index < -0.39 is 29.5 Å². The van der Waals surface area contributed by atoms with Crippen molar-refractivity contribution < 1.29 is 31.1 Å². The molecule has 0 aliphatic carbocycles. The summed E-state index contributed by atoms with van der Waals surface area (Å²) < 4.78 is 80.8. The van der Waals surface area contributed by atoms with Crippen LogP contribution in [-0.2, 0) is 12.4 Å². The van der Waals surface area contributed by atoms with Crippen LogP contribution in [0.5, 0.6) is 0 Å². The third-order valence-electron chi connectivity index (χ3n) is 4.17. The van der Waals surface area contributed by atoms with Crippen molar-refractivity contribution in [3.8, 4) is 0 Å². The number of rotatable bonds is 9. The molecular weight excluding hydrogens is 516 g/mol. The first kappa shape index (κ1) is 28.7. The molecule has 192 valence electrons. The molecule has 2 aromatic carbocycles. The van der Waals surface area contributed by atoms with Crippen LogP contribution < -0.4 is 22.1 Å². The number of carbonyl (C=O) groups excluding carboxylic acids is 1. The fourth-order valence-corrected chi connectivity index (χ4v) is 4.48. The van der Waals surface area contributed by atoms with E-state index in [1.807, 2.05) is 0 Å². The molecule has 0 aliphatic heterocycles. The molecule has 0 radical (unpaired) electrons. The largest absolute Gasteiger partial charge is 0.417 e. The first-order chi connectivity index (χ1) is 16.3. The van der Waals surface area contributed by atoms with Gasteiger partial charge in [0.15, 0.2) is 0 Å². The summed E-state index contributed by atoms with van der Waals surface area (Å²) >= 11 is 1.85. The van der Waals surface area contributed by atoms with E-state index in [1.165, 1.54) is 24.3 Å². The average molecular weight is 540 g/mol. The van der Waals surface area contributed by atoms with Crippen molar-refractivity contribution in [2.24, 2.45) is 16.5 Å². The van der Waals surface area contributed by atoms with Gasteiger partial charge in [0.1, 0.15) is 0 Å². The van der Waals surface area contributed by atoms with Crippen LogP contribution in [0.2, 0.25) is 0 Å². The molecule has 0 aromatic heterocycles. The van der Waals surface area contributed by atoms with E-state index in [0.29, 0.717) is 5.84 Å². The zero-order valence-corrected chi connectivity index (χ0v) is 20.0. The van der Waals surface area contributed by atoms with Crippen LogP contribution in [0.1, 0.15) is 18.1 Å². The molecule has 0 atom stereocenters. The number of anilines is 2. The van der Waals surface area contributed by atoms with Crippen molar-refractivity contribution in [1.82, 2.24) is 0 Å². The number of hydrogen-bond acceptors (Lipinski definition) is 5. The quantitative estimate of drug-likeness (QED) is 0.105. The summed E-state index contributed by atoms with van der Waals surface area (Å²) in [6.07, 6.45) is -9.36. The van der Waals surface area contributed by atoms with Crippen LogP contribution in [0.4, 0.5) is 42.5 Å². The van der Waals surface area contributed by atoms with Crippen molar-refractivity contribution in [1.29, 1.82) is 0 Å². The van der Waals surface area contributed by atoms with Gasteiger partial charge in [-0.1, -0.05) is 0 Å². The zero-order chi connectivity index (χ0) is 26.2. The molecule has 0 spiro atoms. The van der Waals surface area contributed by atoms with E-state index in [4.69, 9.17) is 11.5 Å². The molecule has 0 bridgehead atoms. The van der Waals surface area contributed by atoms with Crippen LogP contribution >= 0.6 is 23.5 Å². The summed E-state index contributed by atoms with van der Waals surface area (Å²) in [7, 11) is 0. The highest BCUT2D eigenvalue weighted by atomic mass is 32.2. The average Bonchev–Trinajstić information content (AvgIpc) is 2.75. The predicted octanol–water partition coefficient (Wildman–Crippen LogP) is 5.89. The number of hydrogen-bond donors (Lipinski definition) is 4. The Hall–Kier alpha value is -2.58. The lowest BCUT2D eigenvalue weighted by molar-refractivity contribution is -0.140. The second-order valence-corrected chi connectivity index (χ2v) is 9.28. The van der Waals surface area contributed by atoms with E-state index in [-0.39, 0.29) is 45.8 Å². The van der Waals surface area contributed by atoms with Crippen molar-refractivity contribution in [2.45, 2.75) is 29.1 Å². The van der Waals surface area contributed by atoms with Crippen molar-refractivity contribution >= 4 is 46.8 Å². The molecule has 14 heteroatoms. The van der Waals surface area contributed by atoms with Gasteiger partial charge in [-0.15, -0.1) is 23.5 Å². The number of urea groups is 1. The summed E-state index contributed by atoms with van der Waals surface area (Å²) in [4.78, 5) is 16.1. The minimum absolute atomic E-state index is 0.0517. The van der Waals surface area contributed by atoms with Gasteiger partial charge in [-0.25, -0.2) is 4.79 Å². The standard InChI is InChI=1S/C21H23F6N5OS2/c1-12(29)30-7-9-35-18-5-3-14(11-16(18)21(25,26)27)32-19(33)31-13-2-4-17(34-8-6-28)15(10-13)20(22,23)24/h2-5,10-11H,6-9,28H2,1H3,(H2,29,30)(H2,31,32,33). The smallest absolute Gasteiger partial charge is 0.388 e. The minimum Gasteiger partial charge on any atom is -0.388 e. The lowest BCUT2D eigenvalue weighted by Gasteiger charge is -2.16. The summed E-state index contributed by atoms with van der Waals surface area (Å²) in [6, 6.07) is 5.44. The van der Waals surface area contributed by atoms with Crippen LogP contribution in [0.25, 0.3) is 0 Å². The summed E-state index contributed by atoms with van der Waals surface area (Å²) in [6.45, 7) is 1.98. The van der Waals surface area contributed by atoms with E-state index in [2.05, 4.69) is 15.6 Å². The number of halogens is 6. The van der Waals surface area contributed by atoms with E-state index in [0.717, 1.165) is 35.7 Å². The molecule has 6 N–H and O–H groups in total. The Balaban J connectivity index is 2.17. The Morgan fingerprint density at radius 3 is 1.74 bits per heavy atom. The maximum Gasteiger partial charge on any atom is 0.417 e. The number of nitrogens with two attached hydrogens (primary N) is 2. The van der Waals surface area contributed by atoms with Gasteiger partial charge in [0.2, 0.25) is 0 Å². The molecule has 0 unspecified atom stereocenters. The van der Waals surface area contributed by atoms with Crippen LogP contribution in [-0.4, -0.2) is 36.5 Å². The molecule has 0 saturated carbocycles. The molecule has 2 rings (SSSR count). The van der Waals surface area contributed by atoms with Crippen molar-refractivity contribution in [2.75, 3.05) is 35.2 Å². The Morgan fingerprint density at radius 1 is 0.886 bits per heavy atom. The van der Waals surface area contributed by atoms with Gasteiger partial charge in [-0.3, -0.25) is 4.99 Å². The Morgan fingerprint density at radius 2 is 1.34 bits per heavy atom. The second kappa shape index (κ2) is 12.4. The number of benzene rings is 2. The highest BCUT2D eigenvalue weighted by molar-refractivity contribution is 7.99. The topological polar surface area (TPSA) is 106 Å². The molecule has 6 nitrogen and oxygen atoms in total. The predicted molar refractivity (Wildman–Crippen MR) is 128 cm³/mol. The minimum atomic E-state index is -4.69. The van der Waals surface area contributed by atoms with Crippen LogP contribution in [0.3, 0.4) is 0 Å². The highest BCUT2D eigenvalue weighted by Crippen LogP contribution is 2.39. The fourth-order valence-electron chi connectivity index (χ4n) is 2.75.